The molecule has 0 aromatic heterocycles. The molecule has 0 amide bonds. The van der Waals surface area contributed by atoms with Crippen molar-refractivity contribution in [1.29, 1.82) is 0 Å². The summed E-state index contributed by atoms with van der Waals surface area (Å²) < 4.78 is 93.0. The molecule has 0 radical (unpaired) electrons. The number of fused-ring (bicyclic) bond motifs is 1. The van der Waals surface area contributed by atoms with Crippen molar-refractivity contribution in [3.8, 4) is 11.5 Å². The second kappa shape index (κ2) is 15.4. The molecule has 1 aliphatic carbocycles. The Labute approximate surface area is 274 Å². The molecule has 0 aliphatic heterocycles. The van der Waals surface area contributed by atoms with E-state index in [2.05, 4.69) is 0 Å². The minimum absolute atomic E-state index is 0.00197. The summed E-state index contributed by atoms with van der Waals surface area (Å²) in [5.41, 5.74) is 1.61. The third-order valence-electron chi connectivity index (χ3n) is 8.02. The maximum atomic E-state index is 13.0. The predicted octanol–water partition coefficient (Wildman–Crippen LogP) is 9.62. The fourth-order valence-corrected chi connectivity index (χ4v) is 5.63. The number of carbonyl (C=O) groups excluding carboxylic acids is 2. The summed E-state index contributed by atoms with van der Waals surface area (Å²) >= 11 is 0. The molecule has 4 aromatic carbocycles. The van der Waals surface area contributed by atoms with Crippen LogP contribution in [0, 0.1) is 0 Å². The lowest BCUT2D eigenvalue weighted by Gasteiger charge is -2.26. The molecule has 2 unspecified atom stereocenters. The number of hydrogen-bond acceptors (Lipinski definition) is 5. The Morgan fingerprint density at radius 2 is 1.38 bits per heavy atom. The van der Waals surface area contributed by atoms with E-state index in [0.29, 0.717) is 46.6 Å². The number of benzene rings is 4. The monoisotopic (exact) mass is 672 g/mol. The highest BCUT2D eigenvalue weighted by Crippen LogP contribution is 2.40. The standard InChI is InChI=1S/C19H19F3O3.C18H15F3O2/c1-3-25-18(23)12-17(13-7-9-16(24-2)10-8-13)14-5-4-6-15(11-14)19(20,21)22;1-23-13-5-6-15-14(7-8-17(22)16(15)10-13)11-3-2-4-12(9-11)18(19,20)21/h4-11,17H,3,12H2,1-2H3;2-6,9-10,14H,7-8H2,1H3. The van der Waals surface area contributed by atoms with Crippen molar-refractivity contribution in [2.24, 2.45) is 0 Å². The predicted molar refractivity (Wildman–Crippen MR) is 167 cm³/mol. The van der Waals surface area contributed by atoms with Gasteiger partial charge in [0.1, 0.15) is 11.5 Å². The van der Waals surface area contributed by atoms with Crippen LogP contribution in [-0.2, 0) is 21.9 Å². The molecule has 1 aliphatic rings. The van der Waals surface area contributed by atoms with E-state index >= 15 is 0 Å². The highest BCUT2D eigenvalue weighted by atomic mass is 19.4. The van der Waals surface area contributed by atoms with Gasteiger partial charge in [-0.25, -0.2) is 0 Å². The summed E-state index contributed by atoms with van der Waals surface area (Å²) in [7, 11) is 3.04. The molecule has 48 heavy (non-hydrogen) atoms. The van der Waals surface area contributed by atoms with Gasteiger partial charge in [-0.1, -0.05) is 54.6 Å². The lowest BCUT2D eigenvalue weighted by molar-refractivity contribution is -0.143. The number of halogens is 6. The molecule has 0 N–H and O–H groups in total. The van der Waals surface area contributed by atoms with Gasteiger partial charge in [0.05, 0.1) is 38.4 Å². The van der Waals surface area contributed by atoms with E-state index in [1.165, 1.54) is 32.4 Å². The summed E-state index contributed by atoms with van der Waals surface area (Å²) in [6.07, 6.45) is -8.02. The van der Waals surface area contributed by atoms with Crippen molar-refractivity contribution in [2.45, 2.75) is 50.4 Å². The molecule has 5 nitrogen and oxygen atoms in total. The second-order valence-electron chi connectivity index (χ2n) is 11.0. The first-order valence-corrected chi connectivity index (χ1v) is 15.1. The molecule has 11 heteroatoms. The van der Waals surface area contributed by atoms with Gasteiger partial charge in [-0.15, -0.1) is 0 Å². The molecular formula is C37H34F6O5. The highest BCUT2D eigenvalue weighted by Gasteiger charge is 2.33. The van der Waals surface area contributed by atoms with Gasteiger partial charge in [0.25, 0.3) is 0 Å². The fourth-order valence-electron chi connectivity index (χ4n) is 5.63. The molecule has 0 saturated carbocycles. The molecule has 5 rings (SSSR count). The largest absolute Gasteiger partial charge is 0.497 e. The van der Waals surface area contributed by atoms with Crippen LogP contribution in [-0.4, -0.2) is 32.6 Å². The molecule has 0 saturated heterocycles. The Balaban J connectivity index is 0.000000217. The number of esters is 1. The number of methoxy groups -OCH3 is 2. The van der Waals surface area contributed by atoms with Crippen LogP contribution in [0.1, 0.15) is 81.8 Å². The van der Waals surface area contributed by atoms with Crippen molar-refractivity contribution in [2.75, 3.05) is 20.8 Å². The third kappa shape index (κ3) is 8.96. The SMILES string of the molecule is CCOC(=O)CC(c1ccc(OC)cc1)c1cccc(C(F)(F)F)c1.COc1ccc2c(c1)C(=O)CCC2c1cccc(C(F)(F)F)c1. The first kappa shape index (κ1) is 36.0. The summed E-state index contributed by atoms with van der Waals surface area (Å²) in [6, 6.07) is 22.4. The molecule has 0 bridgehead atoms. The zero-order valence-corrected chi connectivity index (χ0v) is 26.5. The smallest absolute Gasteiger partial charge is 0.416 e. The number of hydrogen-bond donors (Lipinski definition) is 0. The lowest BCUT2D eigenvalue weighted by atomic mass is 9.78. The summed E-state index contributed by atoms with van der Waals surface area (Å²) in [4.78, 5) is 24.1. The Kier molecular flexibility index (Phi) is 11.6. The zero-order chi connectivity index (χ0) is 35.1. The summed E-state index contributed by atoms with van der Waals surface area (Å²) in [5.74, 6) is -0.00418. The molecule has 0 heterocycles. The maximum Gasteiger partial charge on any atom is 0.416 e. The van der Waals surface area contributed by atoms with E-state index in [9.17, 15) is 35.9 Å². The van der Waals surface area contributed by atoms with Crippen LogP contribution >= 0.6 is 0 Å². The fraction of sp³-hybridized carbons (Fsp3) is 0.297. The van der Waals surface area contributed by atoms with Crippen LogP contribution in [0.5, 0.6) is 11.5 Å². The number of ether oxygens (including phenoxy) is 3. The van der Waals surface area contributed by atoms with E-state index in [-0.39, 0.29) is 24.7 Å². The van der Waals surface area contributed by atoms with Crippen molar-refractivity contribution >= 4 is 11.8 Å². The molecule has 0 spiro atoms. The van der Waals surface area contributed by atoms with Crippen molar-refractivity contribution in [3.63, 3.8) is 0 Å². The highest BCUT2D eigenvalue weighted by molar-refractivity contribution is 5.99. The Morgan fingerprint density at radius 3 is 1.98 bits per heavy atom. The number of carbonyl (C=O) groups is 2. The van der Waals surface area contributed by atoms with Crippen LogP contribution in [0.3, 0.4) is 0 Å². The van der Waals surface area contributed by atoms with E-state index < -0.39 is 35.4 Å². The number of Topliss-reactive ketones (excluding diaryl/α,β-unsaturated/α-hetero) is 1. The molecule has 4 aromatic rings. The van der Waals surface area contributed by atoms with Gasteiger partial charge in [0, 0.05) is 23.8 Å². The van der Waals surface area contributed by atoms with Gasteiger partial charge in [-0.2, -0.15) is 26.3 Å². The number of rotatable bonds is 8. The second-order valence-corrected chi connectivity index (χ2v) is 11.0. The van der Waals surface area contributed by atoms with E-state index in [1.807, 2.05) is 0 Å². The van der Waals surface area contributed by atoms with Crippen LogP contribution in [0.4, 0.5) is 26.3 Å². The first-order chi connectivity index (χ1) is 22.7. The molecular weight excluding hydrogens is 638 g/mol. The summed E-state index contributed by atoms with van der Waals surface area (Å²) in [6.45, 7) is 1.90. The first-order valence-electron chi connectivity index (χ1n) is 15.1. The van der Waals surface area contributed by atoms with Crippen molar-refractivity contribution < 1.29 is 50.1 Å². The molecule has 254 valence electrons. The zero-order valence-electron chi connectivity index (χ0n) is 26.5. The minimum atomic E-state index is -4.44. The van der Waals surface area contributed by atoms with E-state index in [1.54, 1.807) is 61.5 Å². The van der Waals surface area contributed by atoms with Crippen molar-refractivity contribution in [1.82, 2.24) is 0 Å². The van der Waals surface area contributed by atoms with Crippen molar-refractivity contribution in [3.05, 3.63) is 130 Å². The van der Waals surface area contributed by atoms with Crippen LogP contribution in [0.2, 0.25) is 0 Å². The lowest BCUT2D eigenvalue weighted by Crippen LogP contribution is -2.17. The van der Waals surface area contributed by atoms with Crippen LogP contribution in [0.15, 0.2) is 91.0 Å². The average Bonchev–Trinajstić information content (AvgIpc) is 3.07. The normalized spacial score (nSPS) is 15.0. The number of ketones is 1. The Morgan fingerprint density at radius 1 is 0.771 bits per heavy atom. The van der Waals surface area contributed by atoms with E-state index in [0.717, 1.165) is 23.8 Å². The summed E-state index contributed by atoms with van der Waals surface area (Å²) in [5, 5.41) is 0. The number of alkyl halides is 6. The van der Waals surface area contributed by atoms with Gasteiger partial charge < -0.3 is 14.2 Å². The quantitative estimate of drug-likeness (QED) is 0.138. The van der Waals surface area contributed by atoms with Crippen LogP contribution in [0.25, 0.3) is 0 Å². The topological polar surface area (TPSA) is 61.8 Å². The minimum Gasteiger partial charge on any atom is -0.497 e. The van der Waals surface area contributed by atoms with Gasteiger partial charge in [-0.3, -0.25) is 9.59 Å². The van der Waals surface area contributed by atoms with Gasteiger partial charge >= 0.3 is 18.3 Å². The Hall–Kier alpha value is -4.80. The van der Waals surface area contributed by atoms with Crippen LogP contribution < -0.4 is 9.47 Å². The molecule has 0 fully saturated rings. The Bertz CT molecular complexity index is 1710. The average molecular weight is 673 g/mol. The van der Waals surface area contributed by atoms with Gasteiger partial charge in [0.2, 0.25) is 0 Å². The molecule has 2 atom stereocenters. The van der Waals surface area contributed by atoms with Gasteiger partial charge in [0.15, 0.2) is 5.78 Å². The van der Waals surface area contributed by atoms with Gasteiger partial charge in [-0.05, 0) is 72.0 Å². The maximum absolute atomic E-state index is 13.0. The van der Waals surface area contributed by atoms with E-state index in [4.69, 9.17) is 14.2 Å². The third-order valence-corrected chi connectivity index (χ3v) is 8.02.